The Hall–Kier alpha value is -0.530. The van der Waals surface area contributed by atoms with Crippen LogP contribution in [-0.4, -0.2) is 12.6 Å². The maximum atomic E-state index is 11.6. The molecule has 0 saturated carbocycles. The van der Waals surface area contributed by atoms with E-state index in [1.807, 2.05) is 6.92 Å². The molecule has 1 unspecified atom stereocenters. The average molecular weight is 341 g/mol. The van der Waals surface area contributed by atoms with E-state index in [0.717, 1.165) is 19.3 Å². The van der Waals surface area contributed by atoms with Gasteiger partial charge in [0.2, 0.25) is 0 Å². The van der Waals surface area contributed by atoms with E-state index in [4.69, 9.17) is 4.74 Å². The molecule has 0 heterocycles. The molecule has 24 heavy (non-hydrogen) atoms. The Morgan fingerprint density at radius 1 is 0.667 bits per heavy atom. The minimum atomic E-state index is -0.00783. The lowest BCUT2D eigenvalue weighted by atomic mass is 10.0. The summed E-state index contributed by atoms with van der Waals surface area (Å²) in [7, 11) is 0. The number of ether oxygens (including phenoxy) is 1. The second-order valence-corrected chi connectivity index (χ2v) is 7.45. The number of carbonyl (C=O) groups is 1. The summed E-state index contributed by atoms with van der Waals surface area (Å²) >= 11 is 0. The minimum absolute atomic E-state index is 0.00783. The van der Waals surface area contributed by atoms with E-state index in [9.17, 15) is 4.79 Å². The van der Waals surface area contributed by atoms with Crippen molar-refractivity contribution in [3.8, 4) is 0 Å². The van der Waals surface area contributed by atoms with Gasteiger partial charge >= 0.3 is 5.97 Å². The molecule has 0 fully saturated rings. The number of unbranched alkanes of at least 4 members (excludes halogenated alkanes) is 13. The highest BCUT2D eigenvalue weighted by Crippen LogP contribution is 2.13. The van der Waals surface area contributed by atoms with Gasteiger partial charge in [0.25, 0.3) is 0 Å². The van der Waals surface area contributed by atoms with Crippen LogP contribution in [0.15, 0.2) is 0 Å². The molecule has 0 bridgehead atoms. The first-order valence-corrected chi connectivity index (χ1v) is 10.9. The van der Waals surface area contributed by atoms with Crippen molar-refractivity contribution in [3.63, 3.8) is 0 Å². The zero-order valence-electron chi connectivity index (χ0n) is 16.9. The third-order valence-corrected chi connectivity index (χ3v) is 4.87. The van der Waals surface area contributed by atoms with E-state index in [1.165, 1.54) is 83.5 Å². The Kier molecular flexibility index (Phi) is 18.4. The molecule has 0 aliphatic carbocycles. The van der Waals surface area contributed by atoms with Crippen molar-refractivity contribution < 1.29 is 9.53 Å². The molecule has 2 nitrogen and oxygen atoms in total. The zero-order valence-corrected chi connectivity index (χ0v) is 16.9. The van der Waals surface area contributed by atoms with Gasteiger partial charge < -0.3 is 4.74 Å². The molecule has 1 atom stereocenters. The third kappa shape index (κ3) is 16.3. The Labute approximate surface area is 152 Å². The van der Waals surface area contributed by atoms with Crippen molar-refractivity contribution in [2.75, 3.05) is 6.61 Å². The molecule has 0 aromatic carbocycles. The van der Waals surface area contributed by atoms with Crippen LogP contribution in [0.1, 0.15) is 124 Å². The molecule has 0 amide bonds. The standard InChI is InChI=1S/C22H44O2/c1-4-6-7-8-9-10-11-12-13-14-15-16-17-18-20-24-22(23)21(3)19-5-2/h21H,4-20H2,1-3H3. The van der Waals surface area contributed by atoms with E-state index in [2.05, 4.69) is 13.8 Å². The summed E-state index contributed by atoms with van der Waals surface area (Å²) in [5.74, 6) is 0.0631. The predicted octanol–water partition coefficient (Wildman–Crippen LogP) is 7.45. The molecule has 0 N–H and O–H groups in total. The average Bonchev–Trinajstić information content (AvgIpc) is 2.58. The number of hydrogen-bond donors (Lipinski definition) is 0. The first-order chi connectivity index (χ1) is 11.7. The summed E-state index contributed by atoms with van der Waals surface area (Å²) in [5.41, 5.74) is 0. The van der Waals surface area contributed by atoms with E-state index in [1.54, 1.807) is 0 Å². The summed E-state index contributed by atoms with van der Waals surface area (Å²) in [5, 5.41) is 0. The lowest BCUT2D eigenvalue weighted by Gasteiger charge is -2.10. The molecule has 0 aromatic rings. The molecule has 0 saturated heterocycles. The van der Waals surface area contributed by atoms with Gasteiger partial charge in [-0.1, -0.05) is 111 Å². The number of rotatable bonds is 18. The molecule has 144 valence electrons. The van der Waals surface area contributed by atoms with Crippen molar-refractivity contribution in [1.82, 2.24) is 0 Å². The van der Waals surface area contributed by atoms with Gasteiger partial charge in [-0.15, -0.1) is 0 Å². The van der Waals surface area contributed by atoms with Gasteiger partial charge in [0.1, 0.15) is 0 Å². The summed E-state index contributed by atoms with van der Waals surface area (Å²) < 4.78 is 5.32. The van der Waals surface area contributed by atoms with Crippen molar-refractivity contribution >= 4 is 5.97 Å². The van der Waals surface area contributed by atoms with E-state index >= 15 is 0 Å². The molecule has 0 rings (SSSR count). The van der Waals surface area contributed by atoms with Crippen LogP contribution >= 0.6 is 0 Å². The van der Waals surface area contributed by atoms with Gasteiger partial charge in [0, 0.05) is 0 Å². The van der Waals surface area contributed by atoms with Crippen molar-refractivity contribution in [3.05, 3.63) is 0 Å². The third-order valence-electron chi connectivity index (χ3n) is 4.87. The van der Waals surface area contributed by atoms with E-state index in [-0.39, 0.29) is 11.9 Å². The Morgan fingerprint density at radius 3 is 1.50 bits per heavy atom. The topological polar surface area (TPSA) is 26.3 Å². The van der Waals surface area contributed by atoms with Crippen LogP contribution in [0.3, 0.4) is 0 Å². The first-order valence-electron chi connectivity index (χ1n) is 10.9. The summed E-state index contributed by atoms with van der Waals surface area (Å²) in [6.45, 7) is 6.97. The first kappa shape index (κ1) is 23.5. The van der Waals surface area contributed by atoms with Crippen LogP contribution in [0.25, 0.3) is 0 Å². The monoisotopic (exact) mass is 340 g/mol. The highest BCUT2D eigenvalue weighted by Gasteiger charge is 2.12. The molecule has 0 spiro atoms. The van der Waals surface area contributed by atoms with Crippen molar-refractivity contribution in [2.24, 2.45) is 5.92 Å². The summed E-state index contributed by atoms with van der Waals surface area (Å²) in [6.07, 6.45) is 21.0. The van der Waals surface area contributed by atoms with Crippen molar-refractivity contribution in [2.45, 2.75) is 124 Å². The quantitative estimate of drug-likeness (QED) is 0.191. The van der Waals surface area contributed by atoms with Crippen molar-refractivity contribution in [1.29, 1.82) is 0 Å². The fraction of sp³-hybridized carbons (Fsp3) is 0.955. The highest BCUT2D eigenvalue weighted by molar-refractivity contribution is 5.71. The SMILES string of the molecule is CCCCCCCCCCCCCCCCOC(=O)C(C)CCC. The van der Waals surface area contributed by atoms with Crippen LogP contribution < -0.4 is 0 Å². The van der Waals surface area contributed by atoms with Crippen LogP contribution in [0.2, 0.25) is 0 Å². The second-order valence-electron chi connectivity index (χ2n) is 7.45. The fourth-order valence-electron chi connectivity index (χ4n) is 3.16. The van der Waals surface area contributed by atoms with Gasteiger partial charge in [0.15, 0.2) is 0 Å². The Morgan fingerprint density at radius 2 is 1.08 bits per heavy atom. The summed E-state index contributed by atoms with van der Waals surface area (Å²) in [6, 6.07) is 0. The molecule has 2 heteroatoms. The summed E-state index contributed by atoms with van der Waals surface area (Å²) in [4.78, 5) is 11.6. The van der Waals surface area contributed by atoms with Gasteiger partial charge in [-0.2, -0.15) is 0 Å². The van der Waals surface area contributed by atoms with Crippen LogP contribution in [-0.2, 0) is 9.53 Å². The Bertz CT molecular complexity index is 263. The molecule has 0 radical (unpaired) electrons. The lowest BCUT2D eigenvalue weighted by Crippen LogP contribution is -2.15. The van der Waals surface area contributed by atoms with Crippen LogP contribution in [0.5, 0.6) is 0 Å². The number of esters is 1. The molecule has 0 aromatic heterocycles. The lowest BCUT2D eigenvalue weighted by molar-refractivity contribution is -0.148. The fourth-order valence-corrected chi connectivity index (χ4v) is 3.16. The van der Waals surface area contributed by atoms with E-state index in [0.29, 0.717) is 6.61 Å². The van der Waals surface area contributed by atoms with Gasteiger partial charge in [-0.05, 0) is 12.8 Å². The van der Waals surface area contributed by atoms with Crippen LogP contribution in [0.4, 0.5) is 0 Å². The molecule has 0 aliphatic heterocycles. The zero-order chi connectivity index (χ0) is 17.9. The van der Waals surface area contributed by atoms with Gasteiger partial charge in [-0.25, -0.2) is 0 Å². The second kappa shape index (κ2) is 18.8. The van der Waals surface area contributed by atoms with Crippen LogP contribution in [0, 0.1) is 5.92 Å². The van der Waals surface area contributed by atoms with Gasteiger partial charge in [0.05, 0.1) is 12.5 Å². The molecular formula is C22H44O2. The van der Waals surface area contributed by atoms with E-state index < -0.39 is 0 Å². The predicted molar refractivity (Wildman–Crippen MR) is 105 cm³/mol. The minimum Gasteiger partial charge on any atom is -0.465 e. The van der Waals surface area contributed by atoms with Gasteiger partial charge in [-0.3, -0.25) is 4.79 Å². The maximum absolute atomic E-state index is 11.6. The molecule has 0 aliphatic rings. The largest absolute Gasteiger partial charge is 0.465 e. The number of hydrogen-bond acceptors (Lipinski definition) is 2. The number of carbonyl (C=O) groups excluding carboxylic acids is 1. The Balaban J connectivity index is 3.14. The highest BCUT2D eigenvalue weighted by atomic mass is 16.5. The molecular weight excluding hydrogens is 296 g/mol. The normalized spacial score (nSPS) is 12.3. The smallest absolute Gasteiger partial charge is 0.308 e. The maximum Gasteiger partial charge on any atom is 0.308 e.